The number of aromatic amines is 1. The molecule has 1 aliphatic rings. The van der Waals surface area contributed by atoms with Crippen molar-refractivity contribution in [2.24, 2.45) is 7.05 Å². The van der Waals surface area contributed by atoms with Crippen molar-refractivity contribution in [2.75, 3.05) is 6.54 Å². The van der Waals surface area contributed by atoms with Gasteiger partial charge >= 0.3 is 0 Å². The average Bonchev–Trinajstić information content (AvgIpc) is 3.47. The lowest BCUT2D eigenvalue weighted by molar-refractivity contribution is 0.0759. The Hall–Kier alpha value is -3.34. The Morgan fingerprint density at radius 1 is 1.34 bits per heavy atom. The molecule has 0 radical (unpaired) electrons. The summed E-state index contributed by atoms with van der Waals surface area (Å²) in [5.41, 5.74) is 5.04. The molecule has 5 heteroatoms. The normalized spacial score (nSPS) is 17.5. The Kier molecular flexibility index (Phi) is 5.21. The van der Waals surface area contributed by atoms with E-state index in [0.29, 0.717) is 0 Å². The molecule has 1 amide bonds. The van der Waals surface area contributed by atoms with Gasteiger partial charge in [-0.15, -0.1) is 0 Å². The number of hydrogen-bond donors (Lipinski definition) is 1. The summed E-state index contributed by atoms with van der Waals surface area (Å²) >= 11 is 0. The van der Waals surface area contributed by atoms with Gasteiger partial charge in [0.15, 0.2) is 0 Å². The van der Waals surface area contributed by atoms with Gasteiger partial charge in [0.2, 0.25) is 0 Å². The molecule has 1 unspecified atom stereocenters. The van der Waals surface area contributed by atoms with Crippen LogP contribution in [0.5, 0.6) is 0 Å². The number of likely N-dealkylation sites (tertiary alicyclic amines) is 1. The lowest BCUT2D eigenvalue weighted by Gasteiger charge is -2.25. The molecule has 2 aromatic heterocycles. The summed E-state index contributed by atoms with van der Waals surface area (Å²) in [5.74, 6) is 0.0913. The second-order valence-corrected chi connectivity index (χ2v) is 7.43. The number of benzene rings is 1. The molecule has 0 saturated carbocycles. The lowest BCUT2D eigenvalue weighted by Crippen LogP contribution is -2.36. The molecule has 3 heterocycles. The number of fused-ring (bicyclic) bond motifs is 1. The number of nitrogens with zero attached hydrogens (tertiary/aromatic N) is 3. The van der Waals surface area contributed by atoms with E-state index in [4.69, 9.17) is 0 Å². The molecule has 5 nitrogen and oxygen atoms in total. The number of nitrogens with one attached hydrogen (secondary N) is 1. The first kappa shape index (κ1) is 19.0. The van der Waals surface area contributed by atoms with Gasteiger partial charge in [0.1, 0.15) is 0 Å². The maximum Gasteiger partial charge on any atom is 0.256 e. The molecule has 1 N–H and O–H groups in total. The van der Waals surface area contributed by atoms with Gasteiger partial charge in [0, 0.05) is 42.5 Å². The molecule has 1 aliphatic heterocycles. The predicted octanol–water partition coefficient (Wildman–Crippen LogP) is 4.86. The number of aromatic nitrogens is 3. The summed E-state index contributed by atoms with van der Waals surface area (Å²) in [6.07, 6.45) is 15.5. The molecule has 0 aliphatic carbocycles. The van der Waals surface area contributed by atoms with E-state index in [2.05, 4.69) is 28.9 Å². The van der Waals surface area contributed by atoms with Gasteiger partial charge in [0.25, 0.3) is 5.91 Å². The van der Waals surface area contributed by atoms with Crippen molar-refractivity contribution in [3.05, 3.63) is 78.8 Å². The molecule has 1 fully saturated rings. The first-order valence-corrected chi connectivity index (χ1v) is 9.98. The van der Waals surface area contributed by atoms with Crippen LogP contribution in [-0.2, 0) is 7.05 Å². The van der Waals surface area contributed by atoms with Crippen LogP contribution in [0.15, 0.2) is 73.2 Å². The first-order chi connectivity index (χ1) is 14.1. The van der Waals surface area contributed by atoms with E-state index in [-0.39, 0.29) is 11.9 Å². The molecular formula is C24H26N4O. The van der Waals surface area contributed by atoms with Crippen LogP contribution >= 0.6 is 0 Å². The van der Waals surface area contributed by atoms with Gasteiger partial charge in [-0.1, -0.05) is 43.0 Å². The van der Waals surface area contributed by atoms with E-state index < -0.39 is 0 Å². The molecule has 0 spiro atoms. The first-order valence-electron chi connectivity index (χ1n) is 9.98. The van der Waals surface area contributed by atoms with Gasteiger partial charge in [-0.05, 0) is 37.0 Å². The maximum absolute atomic E-state index is 13.5. The van der Waals surface area contributed by atoms with Crippen LogP contribution in [0.1, 0.15) is 30.1 Å². The topological polar surface area (TPSA) is 53.9 Å². The average molecular weight is 386 g/mol. The van der Waals surface area contributed by atoms with Crippen molar-refractivity contribution in [3.63, 3.8) is 0 Å². The van der Waals surface area contributed by atoms with Crippen molar-refractivity contribution in [2.45, 2.75) is 25.8 Å². The Morgan fingerprint density at radius 2 is 2.21 bits per heavy atom. The molecule has 3 aromatic rings. The smallest absolute Gasteiger partial charge is 0.256 e. The second kappa shape index (κ2) is 7.95. The van der Waals surface area contributed by atoms with Gasteiger partial charge in [-0.25, -0.2) is 0 Å². The van der Waals surface area contributed by atoms with Crippen molar-refractivity contribution in [3.8, 4) is 11.1 Å². The van der Waals surface area contributed by atoms with E-state index in [1.165, 1.54) is 0 Å². The fraction of sp³-hybridized carbons (Fsp3) is 0.250. The number of amides is 1. The van der Waals surface area contributed by atoms with Crippen molar-refractivity contribution in [1.82, 2.24) is 19.7 Å². The Morgan fingerprint density at radius 3 is 2.93 bits per heavy atom. The van der Waals surface area contributed by atoms with Crippen LogP contribution in [-0.4, -0.2) is 38.2 Å². The standard InChI is InChI=1S/C24H26N4O/c1-4-7-17(8-5-2)22-9-6-12-28(22)24(29)21-16-27(3)23-13-18(10-11-20(21)23)19-14-25-26-15-19/h4-5,7-8,10-11,13-16,22H,1,6,9,12H2,2-3H3,(H,25,26)/b8-5-,17-7+. The quantitative estimate of drug-likeness (QED) is 0.637. The SMILES string of the molecule is C=C/C=C(\C=C/C)C1CCCN1C(=O)c1cn(C)c2cc(-c3cn[nH]c3)ccc12. The minimum atomic E-state index is 0.0913. The van der Waals surface area contributed by atoms with E-state index in [1.54, 1.807) is 12.3 Å². The van der Waals surface area contributed by atoms with Gasteiger partial charge < -0.3 is 9.47 Å². The Labute approximate surface area is 171 Å². The van der Waals surface area contributed by atoms with E-state index in [1.807, 2.05) is 60.1 Å². The minimum Gasteiger partial charge on any atom is -0.350 e. The molecule has 0 bridgehead atoms. The fourth-order valence-electron chi connectivity index (χ4n) is 4.26. The number of carbonyl (C=O) groups is 1. The third-order valence-electron chi connectivity index (χ3n) is 5.62. The fourth-order valence-corrected chi connectivity index (χ4v) is 4.26. The minimum absolute atomic E-state index is 0.0913. The third kappa shape index (κ3) is 3.44. The second-order valence-electron chi connectivity index (χ2n) is 7.43. The van der Waals surface area contributed by atoms with Crippen LogP contribution in [0, 0.1) is 0 Å². The largest absolute Gasteiger partial charge is 0.350 e. The van der Waals surface area contributed by atoms with Gasteiger partial charge in [0.05, 0.1) is 17.8 Å². The highest BCUT2D eigenvalue weighted by atomic mass is 16.2. The number of rotatable bonds is 5. The van der Waals surface area contributed by atoms with E-state index >= 15 is 0 Å². The number of aryl methyl sites for hydroxylation is 1. The highest BCUT2D eigenvalue weighted by Gasteiger charge is 2.32. The summed E-state index contributed by atoms with van der Waals surface area (Å²) in [4.78, 5) is 15.5. The highest BCUT2D eigenvalue weighted by Crippen LogP contribution is 2.31. The number of hydrogen-bond acceptors (Lipinski definition) is 2. The number of carbonyl (C=O) groups excluding carboxylic acids is 1. The molecule has 1 aromatic carbocycles. The van der Waals surface area contributed by atoms with Gasteiger partial charge in [-0.3, -0.25) is 9.89 Å². The Bertz CT molecular complexity index is 1100. The van der Waals surface area contributed by atoms with Gasteiger partial charge in [-0.2, -0.15) is 5.10 Å². The van der Waals surface area contributed by atoms with Crippen LogP contribution in [0.4, 0.5) is 0 Å². The lowest BCUT2D eigenvalue weighted by atomic mass is 10.0. The summed E-state index contributed by atoms with van der Waals surface area (Å²) in [6.45, 7) is 6.61. The molecule has 148 valence electrons. The highest BCUT2D eigenvalue weighted by molar-refractivity contribution is 6.08. The zero-order chi connectivity index (χ0) is 20.4. The van der Waals surface area contributed by atoms with Crippen LogP contribution in [0.3, 0.4) is 0 Å². The van der Waals surface area contributed by atoms with Crippen molar-refractivity contribution < 1.29 is 4.79 Å². The van der Waals surface area contributed by atoms with Crippen LogP contribution in [0.25, 0.3) is 22.0 Å². The molecular weight excluding hydrogens is 360 g/mol. The molecule has 1 atom stereocenters. The molecule has 29 heavy (non-hydrogen) atoms. The van der Waals surface area contributed by atoms with Crippen LogP contribution < -0.4 is 0 Å². The number of allylic oxidation sites excluding steroid dienone is 3. The summed E-state index contributed by atoms with van der Waals surface area (Å²) in [6, 6.07) is 6.30. The van der Waals surface area contributed by atoms with Crippen molar-refractivity contribution in [1.29, 1.82) is 0 Å². The molecule has 1 saturated heterocycles. The maximum atomic E-state index is 13.5. The third-order valence-corrected chi connectivity index (χ3v) is 5.62. The van der Waals surface area contributed by atoms with Crippen molar-refractivity contribution >= 4 is 16.8 Å². The zero-order valence-electron chi connectivity index (χ0n) is 16.9. The summed E-state index contributed by atoms with van der Waals surface area (Å²) in [5, 5.41) is 7.87. The summed E-state index contributed by atoms with van der Waals surface area (Å²) < 4.78 is 2.03. The summed E-state index contributed by atoms with van der Waals surface area (Å²) in [7, 11) is 1.99. The monoisotopic (exact) mass is 386 g/mol. The molecule has 4 rings (SSSR count). The van der Waals surface area contributed by atoms with E-state index in [9.17, 15) is 4.79 Å². The van der Waals surface area contributed by atoms with E-state index in [0.717, 1.165) is 52.6 Å². The van der Waals surface area contributed by atoms with Crippen LogP contribution in [0.2, 0.25) is 0 Å². The predicted molar refractivity (Wildman–Crippen MR) is 118 cm³/mol. The zero-order valence-corrected chi connectivity index (χ0v) is 16.9. The number of H-pyrrole nitrogens is 1. The Balaban J connectivity index is 1.71.